The number of methoxy groups -OCH3 is 3. The third-order valence-corrected chi connectivity index (χ3v) is 7.11. The first-order valence-electron chi connectivity index (χ1n) is 12.1. The number of halogens is 2. The average molecular weight is 696 g/mol. The van der Waals surface area contributed by atoms with Crippen molar-refractivity contribution >= 4 is 46.3 Å². The smallest absolute Gasteiger partial charge is 0.408 e. The molecule has 1 amide bonds. The van der Waals surface area contributed by atoms with Gasteiger partial charge in [0.05, 0.1) is 30.7 Å². The van der Waals surface area contributed by atoms with Crippen molar-refractivity contribution in [2.24, 2.45) is 0 Å². The Morgan fingerprint density at radius 2 is 1.93 bits per heavy atom. The Labute approximate surface area is 252 Å². The second-order valence-corrected chi connectivity index (χ2v) is 11.3. The summed E-state index contributed by atoms with van der Waals surface area (Å²) in [5.41, 5.74) is -1.97. The van der Waals surface area contributed by atoms with Crippen molar-refractivity contribution in [1.82, 2.24) is 5.32 Å². The Hall–Kier alpha value is -2.28. The van der Waals surface area contributed by atoms with Crippen molar-refractivity contribution in [2.75, 3.05) is 34.9 Å². The van der Waals surface area contributed by atoms with Gasteiger partial charge in [-0.3, -0.25) is 4.79 Å². The lowest BCUT2D eigenvalue weighted by Crippen LogP contribution is -2.45. The van der Waals surface area contributed by atoms with E-state index in [1.165, 1.54) is 33.5 Å². The second-order valence-electron chi connectivity index (χ2n) is 9.78. The van der Waals surface area contributed by atoms with Gasteiger partial charge < -0.3 is 43.6 Å². The van der Waals surface area contributed by atoms with Crippen LogP contribution in [0.3, 0.4) is 0 Å². The van der Waals surface area contributed by atoms with Crippen molar-refractivity contribution in [3.8, 4) is 23.8 Å². The van der Waals surface area contributed by atoms with E-state index >= 15 is 0 Å². The van der Waals surface area contributed by atoms with E-state index < -0.39 is 41.5 Å². The number of terminal acetylenes is 1. The summed E-state index contributed by atoms with van der Waals surface area (Å²) in [4.78, 5) is 24.7. The number of esters is 1. The molecule has 222 valence electrons. The largest absolute Gasteiger partial charge is 0.469 e. The molecular weight excluding hydrogens is 661 g/mol. The molecule has 2 N–H and O–H groups in total. The van der Waals surface area contributed by atoms with Gasteiger partial charge in [-0.1, -0.05) is 17.5 Å². The molecule has 0 aromatic heterocycles. The van der Waals surface area contributed by atoms with E-state index in [0.717, 1.165) is 0 Å². The second kappa shape index (κ2) is 15.1. The van der Waals surface area contributed by atoms with Crippen LogP contribution in [0, 0.1) is 12.3 Å². The minimum Gasteiger partial charge on any atom is -0.469 e. The molecular formula is C27H35ClINO10. The number of carbonyl (C=O) groups excluding carboxylic acids is 2. The average Bonchev–Trinajstić information content (AvgIpc) is 3.17. The number of alkyl carbamates (subject to hydrolysis) is 1. The lowest BCUT2D eigenvalue weighted by molar-refractivity contribution is -0.141. The lowest BCUT2D eigenvalue weighted by atomic mass is 9.95. The van der Waals surface area contributed by atoms with Gasteiger partial charge in [0.15, 0.2) is 24.4 Å². The number of aliphatic hydroxyl groups is 1. The first-order chi connectivity index (χ1) is 18.8. The van der Waals surface area contributed by atoms with Crippen LogP contribution in [-0.4, -0.2) is 75.5 Å². The molecule has 0 fully saturated rings. The highest BCUT2D eigenvalue weighted by molar-refractivity contribution is 14.1. The maximum absolute atomic E-state index is 12.5. The van der Waals surface area contributed by atoms with Gasteiger partial charge in [0, 0.05) is 24.2 Å². The predicted molar refractivity (Wildman–Crippen MR) is 154 cm³/mol. The molecule has 0 bridgehead atoms. The van der Waals surface area contributed by atoms with Gasteiger partial charge >= 0.3 is 12.1 Å². The van der Waals surface area contributed by atoms with Crippen molar-refractivity contribution in [1.29, 1.82) is 0 Å². The molecule has 0 saturated carbocycles. The zero-order valence-electron chi connectivity index (χ0n) is 23.2. The first kappa shape index (κ1) is 33.9. The standard InChI is InChI=1S/C27H35ClINO10/c1-8-22(27(33)13-17(11-21(27)29)37-14-34-5)39-24-18(28)9-16(10-20(24)38-15-35-6)19(12-23(31)36-7)30-25(32)40-26(2,3)4/h1,9-11,17,19,22,33H,12-15H2,2-7H3,(H,30,32)/t17-,19+,22-,27-/m1/s1. The summed E-state index contributed by atoms with van der Waals surface area (Å²) in [5.74, 6) is 2.02. The molecule has 1 aliphatic carbocycles. The molecule has 13 heteroatoms. The number of nitrogens with one attached hydrogen (secondary N) is 1. The third-order valence-electron chi connectivity index (χ3n) is 5.53. The topological polar surface area (TPSA) is 131 Å². The first-order valence-corrected chi connectivity index (χ1v) is 13.6. The Morgan fingerprint density at radius 3 is 2.50 bits per heavy atom. The van der Waals surface area contributed by atoms with E-state index in [0.29, 0.717) is 9.14 Å². The van der Waals surface area contributed by atoms with Crippen molar-refractivity contribution in [2.45, 2.75) is 63.1 Å². The fourth-order valence-corrected chi connectivity index (χ4v) is 4.91. The van der Waals surface area contributed by atoms with Crippen LogP contribution in [0.15, 0.2) is 21.8 Å². The molecule has 4 atom stereocenters. The van der Waals surface area contributed by atoms with Crippen LogP contribution in [0.1, 0.15) is 45.2 Å². The van der Waals surface area contributed by atoms with Crippen molar-refractivity contribution < 1.29 is 47.9 Å². The van der Waals surface area contributed by atoms with Crippen LogP contribution in [-0.2, 0) is 28.5 Å². The summed E-state index contributed by atoms with van der Waals surface area (Å²) in [7, 11) is 4.16. The van der Waals surface area contributed by atoms with E-state index in [9.17, 15) is 14.7 Å². The van der Waals surface area contributed by atoms with Crippen molar-refractivity contribution in [3.05, 3.63) is 32.4 Å². The molecule has 0 heterocycles. The molecule has 0 radical (unpaired) electrons. The number of hydrogen-bond acceptors (Lipinski definition) is 10. The number of rotatable bonds is 13. The summed E-state index contributed by atoms with van der Waals surface area (Å²) in [6.07, 6.45) is 5.04. The SMILES string of the molecule is C#C[C@@H](Oc1c(Cl)cc([C@H](CC(=O)OC)NC(=O)OC(C)(C)C)cc1OCOC)[C@@]1(O)C[C@H](OCOC)C=C1I. The van der Waals surface area contributed by atoms with Crippen LogP contribution in [0.25, 0.3) is 0 Å². The lowest BCUT2D eigenvalue weighted by Gasteiger charge is -2.32. The molecule has 11 nitrogen and oxygen atoms in total. The molecule has 0 unspecified atom stereocenters. The number of carbonyl (C=O) groups is 2. The summed E-state index contributed by atoms with van der Waals surface area (Å²) in [5, 5.41) is 14.2. The Morgan fingerprint density at radius 1 is 1.25 bits per heavy atom. The number of amides is 1. The summed E-state index contributed by atoms with van der Waals surface area (Å²) in [6, 6.07) is 2.10. The highest BCUT2D eigenvalue weighted by Crippen LogP contribution is 2.44. The van der Waals surface area contributed by atoms with Gasteiger partial charge in [-0.25, -0.2) is 4.79 Å². The van der Waals surface area contributed by atoms with Crippen LogP contribution < -0.4 is 14.8 Å². The maximum atomic E-state index is 12.5. The van der Waals surface area contributed by atoms with Gasteiger partial charge in [0.1, 0.15) is 18.0 Å². The van der Waals surface area contributed by atoms with Gasteiger partial charge in [0.2, 0.25) is 0 Å². The highest BCUT2D eigenvalue weighted by atomic mass is 127. The van der Waals surface area contributed by atoms with Gasteiger partial charge in [-0.05, 0) is 67.1 Å². The Bertz CT molecular complexity index is 1120. The van der Waals surface area contributed by atoms with Crippen LogP contribution in [0.4, 0.5) is 4.79 Å². The zero-order valence-corrected chi connectivity index (χ0v) is 26.2. The van der Waals surface area contributed by atoms with Crippen LogP contribution in [0.2, 0.25) is 5.02 Å². The molecule has 0 saturated heterocycles. The third kappa shape index (κ3) is 9.39. The Balaban J connectivity index is 2.45. The molecule has 0 spiro atoms. The van der Waals surface area contributed by atoms with E-state index in [1.54, 1.807) is 26.8 Å². The predicted octanol–water partition coefficient (Wildman–Crippen LogP) is 4.28. The maximum Gasteiger partial charge on any atom is 0.408 e. The summed E-state index contributed by atoms with van der Waals surface area (Å²) < 4.78 is 38.0. The molecule has 1 aromatic carbocycles. The van der Waals surface area contributed by atoms with Crippen LogP contribution >= 0.6 is 34.2 Å². The van der Waals surface area contributed by atoms with E-state index in [-0.39, 0.29) is 42.9 Å². The molecule has 40 heavy (non-hydrogen) atoms. The Kier molecular flexibility index (Phi) is 12.8. The molecule has 1 aliphatic rings. The fraction of sp³-hybridized carbons (Fsp3) is 0.556. The molecule has 2 rings (SSSR count). The van der Waals surface area contributed by atoms with E-state index in [2.05, 4.69) is 11.2 Å². The van der Waals surface area contributed by atoms with Gasteiger partial charge in [0.25, 0.3) is 0 Å². The number of benzene rings is 1. The van der Waals surface area contributed by atoms with Crippen molar-refractivity contribution in [3.63, 3.8) is 0 Å². The minimum atomic E-state index is -1.58. The molecule has 1 aromatic rings. The van der Waals surface area contributed by atoms with E-state index in [4.69, 9.17) is 51.2 Å². The van der Waals surface area contributed by atoms with Gasteiger partial charge in [-0.2, -0.15) is 0 Å². The fourth-order valence-electron chi connectivity index (χ4n) is 3.74. The van der Waals surface area contributed by atoms with Gasteiger partial charge in [-0.15, -0.1) is 6.42 Å². The zero-order chi connectivity index (χ0) is 30.1. The van der Waals surface area contributed by atoms with E-state index in [1.807, 2.05) is 22.6 Å². The molecule has 0 aliphatic heterocycles. The monoisotopic (exact) mass is 695 g/mol. The number of ether oxygens (including phenoxy) is 7. The normalized spacial score (nSPS) is 20.1. The summed E-state index contributed by atoms with van der Waals surface area (Å²) in [6.45, 7) is 4.99. The quantitative estimate of drug-likeness (QED) is 0.134. The number of hydrogen-bond donors (Lipinski definition) is 2. The van der Waals surface area contributed by atoms with Crippen LogP contribution in [0.5, 0.6) is 11.5 Å². The highest BCUT2D eigenvalue weighted by Gasteiger charge is 2.47. The summed E-state index contributed by atoms with van der Waals surface area (Å²) >= 11 is 8.63. The minimum absolute atomic E-state index is 0.0263.